The molecule has 0 aliphatic rings. The van der Waals surface area contributed by atoms with Gasteiger partial charge in [0.1, 0.15) is 6.04 Å². The maximum absolute atomic E-state index is 12.9. The van der Waals surface area contributed by atoms with Crippen LogP contribution in [0.15, 0.2) is 30.5 Å². The highest BCUT2D eigenvalue weighted by Gasteiger charge is 2.28. The molecule has 0 saturated heterocycles. The molecule has 0 aliphatic carbocycles. The number of alkyl halides is 1. The van der Waals surface area contributed by atoms with Crippen LogP contribution in [0.4, 0.5) is 4.39 Å². The van der Waals surface area contributed by atoms with Crippen LogP contribution in [0.5, 0.6) is 0 Å². The molecule has 2 atom stereocenters. The first-order valence-electron chi connectivity index (χ1n) is 9.56. The number of aromatic nitrogens is 1. The maximum atomic E-state index is 12.9. The van der Waals surface area contributed by atoms with Gasteiger partial charge in [-0.05, 0) is 31.2 Å². The van der Waals surface area contributed by atoms with E-state index in [-0.39, 0.29) is 18.5 Å². The van der Waals surface area contributed by atoms with Crippen LogP contribution >= 0.6 is 0 Å². The highest BCUT2D eigenvalue weighted by Crippen LogP contribution is 2.23. The highest BCUT2D eigenvalue weighted by atomic mass is 19.1. The average molecular weight is 376 g/mol. The second-order valence-corrected chi connectivity index (χ2v) is 6.86. The average Bonchev–Trinajstić information content (AvgIpc) is 3.07. The Morgan fingerprint density at radius 2 is 1.96 bits per heavy atom. The van der Waals surface area contributed by atoms with Crippen molar-refractivity contribution in [3.8, 4) is 0 Å². The number of fused-ring (bicyclic) bond motifs is 1. The molecule has 1 heterocycles. The van der Waals surface area contributed by atoms with Crippen molar-refractivity contribution in [1.82, 2.24) is 9.88 Å². The summed E-state index contributed by atoms with van der Waals surface area (Å²) in [5.41, 5.74) is 1.49. The van der Waals surface area contributed by atoms with Gasteiger partial charge < -0.3 is 14.6 Å². The van der Waals surface area contributed by atoms with Crippen LogP contribution in [0.25, 0.3) is 10.9 Å². The van der Waals surface area contributed by atoms with Crippen molar-refractivity contribution >= 4 is 22.8 Å². The van der Waals surface area contributed by atoms with E-state index >= 15 is 0 Å². The van der Waals surface area contributed by atoms with E-state index in [4.69, 9.17) is 4.74 Å². The minimum Gasteiger partial charge on any atom is -0.467 e. The van der Waals surface area contributed by atoms with E-state index in [0.29, 0.717) is 12.0 Å². The molecule has 1 N–H and O–H groups in total. The molecule has 0 saturated carbocycles. The Morgan fingerprint density at radius 1 is 1.22 bits per heavy atom. The van der Waals surface area contributed by atoms with Crippen LogP contribution in [-0.2, 0) is 16.1 Å². The summed E-state index contributed by atoms with van der Waals surface area (Å²) in [6.45, 7) is 4.30. The Morgan fingerprint density at radius 3 is 2.63 bits per heavy atom. The first-order chi connectivity index (χ1) is 13.0. The van der Waals surface area contributed by atoms with Crippen molar-refractivity contribution in [2.24, 2.45) is 5.92 Å². The summed E-state index contributed by atoms with van der Waals surface area (Å²) in [5.74, 6) is -0.757. The fraction of sp³-hybridized carbons (Fsp3) is 0.524. The Labute approximate surface area is 159 Å². The number of rotatable bonds is 10. The Balaban J connectivity index is 2.25. The summed E-state index contributed by atoms with van der Waals surface area (Å²) in [5, 5.41) is 3.68. The molecule has 1 aromatic carbocycles. The number of esters is 1. The molecule has 27 heavy (non-hydrogen) atoms. The molecule has 6 heteroatoms. The number of hydrogen-bond donors (Lipinski definition) is 1. The number of nitrogens with one attached hydrogen (secondary N) is 1. The predicted molar refractivity (Wildman–Crippen MR) is 104 cm³/mol. The number of halogens is 1. The van der Waals surface area contributed by atoms with Crippen LogP contribution < -0.4 is 5.32 Å². The number of ether oxygens (including phenoxy) is 1. The molecule has 5 nitrogen and oxygen atoms in total. The Kier molecular flexibility index (Phi) is 7.82. The van der Waals surface area contributed by atoms with Gasteiger partial charge in [0, 0.05) is 23.6 Å². The van der Waals surface area contributed by atoms with Crippen LogP contribution in [-0.4, -0.2) is 36.3 Å². The minimum absolute atomic E-state index is 0.0320. The molecule has 0 spiro atoms. The molecule has 148 valence electrons. The molecule has 0 radical (unpaired) electrons. The number of aryl methyl sites for hydroxylation is 1. The number of nitrogens with zero attached hydrogens (tertiary/aromatic N) is 1. The van der Waals surface area contributed by atoms with E-state index in [0.717, 1.165) is 36.7 Å². The van der Waals surface area contributed by atoms with Gasteiger partial charge in [0.15, 0.2) is 0 Å². The SMILES string of the molecule is CC[C@@H](C)[C@@H](NC(=O)c1cn(CCCCCF)c2ccccc12)C(=O)OC. The van der Waals surface area contributed by atoms with Crippen LogP contribution in [0, 0.1) is 5.92 Å². The van der Waals surface area contributed by atoms with Gasteiger partial charge in [-0.15, -0.1) is 0 Å². The summed E-state index contributed by atoms with van der Waals surface area (Å²) in [6, 6.07) is 7.00. The van der Waals surface area contributed by atoms with Gasteiger partial charge in [0.05, 0.1) is 19.3 Å². The number of amides is 1. The largest absolute Gasteiger partial charge is 0.467 e. The molecule has 0 fully saturated rings. The van der Waals surface area contributed by atoms with E-state index in [2.05, 4.69) is 5.32 Å². The first-order valence-corrected chi connectivity index (χ1v) is 9.56. The van der Waals surface area contributed by atoms with Gasteiger partial charge in [-0.2, -0.15) is 0 Å². The molecule has 0 unspecified atom stereocenters. The molecule has 0 aliphatic heterocycles. The lowest BCUT2D eigenvalue weighted by Gasteiger charge is -2.21. The number of para-hydroxylation sites is 1. The van der Waals surface area contributed by atoms with E-state index in [1.807, 2.05) is 48.9 Å². The molecule has 1 amide bonds. The van der Waals surface area contributed by atoms with Crippen molar-refractivity contribution in [1.29, 1.82) is 0 Å². The summed E-state index contributed by atoms with van der Waals surface area (Å²) < 4.78 is 19.2. The topological polar surface area (TPSA) is 60.3 Å². The fourth-order valence-electron chi connectivity index (χ4n) is 3.18. The van der Waals surface area contributed by atoms with Crippen LogP contribution in [0.3, 0.4) is 0 Å². The number of unbranched alkanes of at least 4 members (excludes halogenated alkanes) is 2. The predicted octanol–water partition coefficient (Wildman–Crippen LogP) is 4.10. The smallest absolute Gasteiger partial charge is 0.328 e. The monoisotopic (exact) mass is 376 g/mol. The molecular weight excluding hydrogens is 347 g/mol. The number of methoxy groups -OCH3 is 1. The second kappa shape index (κ2) is 10.1. The van der Waals surface area contributed by atoms with Crippen LogP contribution in [0.2, 0.25) is 0 Å². The summed E-state index contributed by atoms with van der Waals surface area (Å²) in [7, 11) is 1.33. The first kappa shape index (κ1) is 20.9. The standard InChI is InChI=1S/C21H29FN2O3/c1-4-15(2)19(21(26)27-3)23-20(25)17-14-24(13-9-5-8-12-22)18-11-7-6-10-16(17)18/h6-7,10-11,14-15,19H,4-5,8-9,12-13H2,1-3H3,(H,23,25)/t15-,19-/m1/s1. The van der Waals surface area contributed by atoms with Crippen molar-refractivity contribution in [2.75, 3.05) is 13.8 Å². The summed E-state index contributed by atoms with van der Waals surface area (Å²) in [4.78, 5) is 25.0. The summed E-state index contributed by atoms with van der Waals surface area (Å²) in [6.07, 6.45) is 4.78. The third-order valence-corrected chi connectivity index (χ3v) is 5.02. The Bertz CT molecular complexity index is 772. The van der Waals surface area contributed by atoms with E-state index < -0.39 is 12.0 Å². The normalized spacial score (nSPS) is 13.3. The fourth-order valence-corrected chi connectivity index (χ4v) is 3.18. The zero-order chi connectivity index (χ0) is 19.8. The molecule has 2 aromatic rings. The quantitative estimate of drug-likeness (QED) is 0.502. The van der Waals surface area contributed by atoms with E-state index in [1.54, 1.807) is 0 Å². The molecule has 2 rings (SSSR count). The van der Waals surface area contributed by atoms with Crippen molar-refractivity contribution in [2.45, 2.75) is 52.1 Å². The van der Waals surface area contributed by atoms with Gasteiger partial charge in [-0.1, -0.05) is 38.5 Å². The third kappa shape index (κ3) is 5.08. The number of carbonyl (C=O) groups excluding carboxylic acids is 2. The van der Waals surface area contributed by atoms with Crippen LogP contribution in [0.1, 0.15) is 49.9 Å². The minimum atomic E-state index is -0.681. The van der Waals surface area contributed by atoms with Crippen molar-refractivity contribution in [3.05, 3.63) is 36.0 Å². The molecular formula is C21H29FN2O3. The van der Waals surface area contributed by atoms with Gasteiger partial charge in [-0.25, -0.2) is 4.79 Å². The lowest BCUT2D eigenvalue weighted by Crippen LogP contribution is -2.45. The maximum Gasteiger partial charge on any atom is 0.328 e. The van der Waals surface area contributed by atoms with Gasteiger partial charge in [0.2, 0.25) is 0 Å². The summed E-state index contributed by atoms with van der Waals surface area (Å²) >= 11 is 0. The highest BCUT2D eigenvalue weighted by molar-refractivity contribution is 6.08. The zero-order valence-electron chi connectivity index (χ0n) is 16.3. The second-order valence-electron chi connectivity index (χ2n) is 6.86. The lowest BCUT2D eigenvalue weighted by molar-refractivity contribution is -0.144. The number of hydrogen-bond acceptors (Lipinski definition) is 3. The van der Waals surface area contributed by atoms with E-state index in [9.17, 15) is 14.0 Å². The molecule has 0 bridgehead atoms. The number of benzene rings is 1. The van der Waals surface area contributed by atoms with Gasteiger partial charge in [0.25, 0.3) is 5.91 Å². The Hall–Kier alpha value is -2.37. The van der Waals surface area contributed by atoms with Gasteiger partial charge in [-0.3, -0.25) is 9.18 Å². The lowest BCUT2D eigenvalue weighted by atomic mass is 9.99. The van der Waals surface area contributed by atoms with Crippen molar-refractivity contribution < 1.29 is 18.7 Å². The van der Waals surface area contributed by atoms with E-state index in [1.165, 1.54) is 7.11 Å². The van der Waals surface area contributed by atoms with Crippen molar-refractivity contribution in [3.63, 3.8) is 0 Å². The van der Waals surface area contributed by atoms with Gasteiger partial charge >= 0.3 is 5.97 Å². The number of carbonyl (C=O) groups is 2. The third-order valence-electron chi connectivity index (χ3n) is 5.02. The molecule has 1 aromatic heterocycles. The zero-order valence-corrected chi connectivity index (χ0v) is 16.3.